The lowest BCUT2D eigenvalue weighted by molar-refractivity contribution is -0.612. The molecule has 0 fully saturated rings. The number of hydrogen-bond donors (Lipinski definition) is 1. The van der Waals surface area contributed by atoms with E-state index in [4.69, 9.17) is 14.2 Å². The number of anilines is 1. The summed E-state index contributed by atoms with van der Waals surface area (Å²) in [4.78, 5) is 11.9. The highest BCUT2D eigenvalue weighted by Crippen LogP contribution is 2.32. The SMILES string of the molecule is O=C(COc1cccc[n+]1[O-])Nc1ccc2c(c1)OCCCO2. The molecule has 0 saturated carbocycles. The van der Waals surface area contributed by atoms with Gasteiger partial charge >= 0.3 is 5.88 Å². The number of carbonyl (C=O) groups excluding carboxylic acids is 1. The molecular weight excluding hydrogens is 300 g/mol. The zero-order valence-corrected chi connectivity index (χ0v) is 12.4. The van der Waals surface area contributed by atoms with Gasteiger partial charge in [0.2, 0.25) is 0 Å². The minimum Gasteiger partial charge on any atom is -0.616 e. The Hall–Kier alpha value is -2.96. The summed E-state index contributed by atoms with van der Waals surface area (Å²) >= 11 is 0. The highest BCUT2D eigenvalue weighted by Gasteiger charge is 2.13. The standard InChI is InChI=1S/C16H16N2O5/c19-15(11-23-16-4-1-2-7-18(16)20)17-12-5-6-13-14(10-12)22-9-3-8-21-13/h1-2,4-7,10H,3,8-9,11H2,(H,17,19). The van der Waals surface area contributed by atoms with Crippen molar-refractivity contribution in [3.8, 4) is 17.4 Å². The van der Waals surface area contributed by atoms with Gasteiger partial charge in [0.25, 0.3) is 5.91 Å². The Bertz CT molecular complexity index is 705. The van der Waals surface area contributed by atoms with E-state index in [0.717, 1.165) is 6.42 Å². The van der Waals surface area contributed by atoms with E-state index in [1.54, 1.807) is 30.3 Å². The molecule has 1 N–H and O–H groups in total. The number of hydrogen-bond acceptors (Lipinski definition) is 5. The summed E-state index contributed by atoms with van der Waals surface area (Å²) < 4.78 is 16.8. The van der Waals surface area contributed by atoms with Crippen molar-refractivity contribution in [1.29, 1.82) is 0 Å². The monoisotopic (exact) mass is 316 g/mol. The summed E-state index contributed by atoms with van der Waals surface area (Å²) in [6.07, 6.45) is 2.12. The number of nitrogens with zero attached hydrogens (tertiary/aromatic N) is 1. The van der Waals surface area contributed by atoms with E-state index in [1.165, 1.54) is 12.3 Å². The molecule has 0 saturated heterocycles. The molecule has 1 aromatic carbocycles. The molecule has 0 bridgehead atoms. The lowest BCUT2D eigenvalue weighted by Gasteiger charge is -2.10. The Balaban J connectivity index is 1.60. The summed E-state index contributed by atoms with van der Waals surface area (Å²) in [5.41, 5.74) is 0.575. The highest BCUT2D eigenvalue weighted by molar-refractivity contribution is 5.92. The number of carbonyl (C=O) groups is 1. The van der Waals surface area contributed by atoms with E-state index in [-0.39, 0.29) is 18.4 Å². The van der Waals surface area contributed by atoms with Crippen molar-refractivity contribution in [3.63, 3.8) is 0 Å². The summed E-state index contributed by atoms with van der Waals surface area (Å²) in [7, 11) is 0. The summed E-state index contributed by atoms with van der Waals surface area (Å²) in [5, 5.41) is 14.1. The molecule has 23 heavy (non-hydrogen) atoms. The predicted octanol–water partition coefficient (Wildman–Crippen LogP) is 1.50. The maximum atomic E-state index is 11.9. The molecule has 0 unspecified atom stereocenters. The van der Waals surface area contributed by atoms with Crippen molar-refractivity contribution in [2.45, 2.75) is 6.42 Å². The first-order valence-electron chi connectivity index (χ1n) is 7.23. The van der Waals surface area contributed by atoms with Crippen molar-refractivity contribution >= 4 is 11.6 Å². The molecule has 0 spiro atoms. The molecule has 3 rings (SSSR count). The van der Waals surface area contributed by atoms with Crippen LogP contribution in [0.15, 0.2) is 42.6 Å². The van der Waals surface area contributed by atoms with Crippen LogP contribution in [0.25, 0.3) is 0 Å². The Morgan fingerprint density at radius 2 is 2.04 bits per heavy atom. The smallest absolute Gasteiger partial charge is 0.379 e. The molecule has 0 aliphatic carbocycles. The number of fused-ring (bicyclic) bond motifs is 1. The fourth-order valence-corrected chi connectivity index (χ4v) is 2.10. The zero-order valence-electron chi connectivity index (χ0n) is 12.4. The van der Waals surface area contributed by atoms with Gasteiger partial charge in [-0.3, -0.25) is 4.79 Å². The van der Waals surface area contributed by atoms with Gasteiger partial charge in [-0.2, -0.15) is 0 Å². The first-order valence-corrected chi connectivity index (χ1v) is 7.23. The predicted molar refractivity (Wildman–Crippen MR) is 81.6 cm³/mol. The number of amides is 1. The molecule has 120 valence electrons. The normalized spacial score (nSPS) is 13.0. The highest BCUT2D eigenvalue weighted by atomic mass is 16.6. The molecule has 1 aliphatic rings. The first kappa shape index (κ1) is 15.0. The van der Waals surface area contributed by atoms with Crippen LogP contribution in [0.4, 0.5) is 5.69 Å². The number of pyridine rings is 1. The molecule has 1 aromatic heterocycles. The summed E-state index contributed by atoms with van der Waals surface area (Å²) in [6.45, 7) is 0.921. The van der Waals surface area contributed by atoms with Crippen molar-refractivity contribution < 1.29 is 23.7 Å². The maximum absolute atomic E-state index is 11.9. The van der Waals surface area contributed by atoms with E-state index in [9.17, 15) is 10.0 Å². The second-order valence-corrected chi connectivity index (χ2v) is 4.91. The van der Waals surface area contributed by atoms with Crippen molar-refractivity contribution in [2.24, 2.45) is 0 Å². The first-order chi connectivity index (χ1) is 11.2. The average molecular weight is 316 g/mol. The van der Waals surface area contributed by atoms with E-state index in [1.807, 2.05) is 0 Å². The van der Waals surface area contributed by atoms with Crippen LogP contribution in [0.3, 0.4) is 0 Å². The van der Waals surface area contributed by atoms with E-state index in [0.29, 0.717) is 35.1 Å². The minimum absolute atomic E-state index is 0.0707. The Morgan fingerprint density at radius 3 is 2.87 bits per heavy atom. The van der Waals surface area contributed by atoms with Crippen LogP contribution in [0, 0.1) is 5.21 Å². The van der Waals surface area contributed by atoms with Crippen LogP contribution >= 0.6 is 0 Å². The van der Waals surface area contributed by atoms with Gasteiger partial charge in [-0.25, -0.2) is 0 Å². The molecule has 7 heteroatoms. The van der Waals surface area contributed by atoms with Gasteiger partial charge in [0, 0.05) is 24.2 Å². The Kier molecular flexibility index (Phi) is 4.46. The average Bonchev–Trinajstić information content (AvgIpc) is 2.79. The topological polar surface area (TPSA) is 83.7 Å². The number of ether oxygens (including phenoxy) is 3. The van der Waals surface area contributed by atoms with Gasteiger partial charge in [0.15, 0.2) is 24.3 Å². The lowest BCUT2D eigenvalue weighted by Crippen LogP contribution is -2.30. The molecule has 1 aliphatic heterocycles. The van der Waals surface area contributed by atoms with Crippen LogP contribution in [-0.4, -0.2) is 25.7 Å². The molecule has 1 amide bonds. The van der Waals surface area contributed by atoms with Crippen molar-refractivity contribution in [1.82, 2.24) is 0 Å². The second-order valence-electron chi connectivity index (χ2n) is 4.91. The van der Waals surface area contributed by atoms with Crippen LogP contribution in [0.5, 0.6) is 17.4 Å². The lowest BCUT2D eigenvalue weighted by atomic mass is 10.2. The minimum atomic E-state index is -0.372. The van der Waals surface area contributed by atoms with Gasteiger partial charge < -0.3 is 24.7 Å². The zero-order chi connectivity index (χ0) is 16.1. The second kappa shape index (κ2) is 6.87. The van der Waals surface area contributed by atoms with E-state index < -0.39 is 0 Å². The van der Waals surface area contributed by atoms with Gasteiger partial charge in [-0.05, 0) is 18.2 Å². The van der Waals surface area contributed by atoms with Gasteiger partial charge in [0.1, 0.15) is 0 Å². The number of nitrogens with one attached hydrogen (secondary N) is 1. The molecule has 2 aromatic rings. The largest absolute Gasteiger partial charge is 0.616 e. The van der Waals surface area contributed by atoms with E-state index >= 15 is 0 Å². The fraction of sp³-hybridized carbons (Fsp3) is 0.250. The van der Waals surface area contributed by atoms with Crippen LogP contribution in [0.2, 0.25) is 0 Å². The van der Waals surface area contributed by atoms with Crippen LogP contribution in [-0.2, 0) is 4.79 Å². The van der Waals surface area contributed by atoms with Crippen molar-refractivity contribution in [2.75, 3.05) is 25.1 Å². The maximum Gasteiger partial charge on any atom is 0.379 e. The molecular formula is C16H16N2O5. The van der Waals surface area contributed by atoms with Gasteiger partial charge in [-0.1, -0.05) is 0 Å². The Morgan fingerprint density at radius 1 is 1.22 bits per heavy atom. The Labute approximate surface area is 133 Å². The molecule has 2 heterocycles. The third-order valence-electron chi connectivity index (χ3n) is 3.17. The molecule has 7 nitrogen and oxygen atoms in total. The van der Waals surface area contributed by atoms with E-state index in [2.05, 4.69) is 5.32 Å². The molecule has 0 atom stereocenters. The van der Waals surface area contributed by atoms with Crippen LogP contribution < -0.4 is 24.3 Å². The summed E-state index contributed by atoms with van der Waals surface area (Å²) in [6, 6.07) is 9.91. The molecule has 0 radical (unpaired) electrons. The van der Waals surface area contributed by atoms with Gasteiger partial charge in [-0.15, -0.1) is 4.73 Å². The number of aromatic nitrogens is 1. The third-order valence-corrected chi connectivity index (χ3v) is 3.17. The fourth-order valence-electron chi connectivity index (χ4n) is 2.10. The van der Waals surface area contributed by atoms with Crippen molar-refractivity contribution in [3.05, 3.63) is 47.8 Å². The van der Waals surface area contributed by atoms with Crippen LogP contribution in [0.1, 0.15) is 6.42 Å². The number of rotatable bonds is 4. The quantitative estimate of drug-likeness (QED) is 0.682. The number of benzene rings is 1. The van der Waals surface area contributed by atoms with Gasteiger partial charge in [0.05, 0.1) is 19.3 Å². The third kappa shape index (κ3) is 3.82. The summed E-state index contributed by atoms with van der Waals surface area (Å²) in [5.74, 6) is 0.958.